The Bertz CT molecular complexity index is 850. The minimum absolute atomic E-state index is 0.0697. The van der Waals surface area contributed by atoms with E-state index in [1.54, 1.807) is 0 Å². The Morgan fingerprint density at radius 3 is 1.65 bits per heavy atom. The Kier molecular flexibility index (Phi) is 3.11. The summed E-state index contributed by atoms with van der Waals surface area (Å²) in [6, 6.07) is 26.9. The molecule has 0 N–H and O–H groups in total. The zero-order valence-electron chi connectivity index (χ0n) is 10.9. The van der Waals surface area contributed by atoms with Gasteiger partial charge in [-0.15, -0.1) is 0 Å². The van der Waals surface area contributed by atoms with Gasteiger partial charge in [0.25, 0.3) is 0 Å². The molecule has 0 atom stereocenters. The molecule has 0 fully saturated rings. The van der Waals surface area contributed by atoms with Crippen LogP contribution in [0.15, 0.2) is 72.8 Å². The summed E-state index contributed by atoms with van der Waals surface area (Å²) >= 11 is 0.917. The molecule has 0 unspecified atom stereocenters. The predicted octanol–water partition coefficient (Wildman–Crippen LogP) is 4.53. The molecule has 4 aromatic rings. The zero-order valence-corrected chi connectivity index (χ0v) is 16.2. The van der Waals surface area contributed by atoms with Gasteiger partial charge in [-0.1, -0.05) is 0 Å². The molecular formula is C18H12STl+. The molecular weight excluding hydrogens is 453 g/mol. The Balaban J connectivity index is 2.17. The predicted molar refractivity (Wildman–Crippen MR) is 90.7 cm³/mol. The van der Waals surface area contributed by atoms with Gasteiger partial charge in [0, 0.05) is 0 Å². The Morgan fingerprint density at radius 2 is 1.10 bits per heavy atom. The molecule has 0 amide bonds. The summed E-state index contributed by atoms with van der Waals surface area (Å²) < 4.78 is 4.42. The molecule has 0 aliphatic rings. The van der Waals surface area contributed by atoms with Crippen molar-refractivity contribution in [3.8, 4) is 4.90 Å². The standard InChI is InChI=1S/C18H12S.Tl/c1-2-8-14(9-3-1)19-17-12-6-4-10-15(17)16-11-5-7-13-18(16)19;/h2-13H;/q+1;. The normalized spacial score (nSPS) is 11.2. The van der Waals surface area contributed by atoms with Gasteiger partial charge in [0.2, 0.25) is 0 Å². The van der Waals surface area contributed by atoms with Crippen molar-refractivity contribution in [2.45, 2.75) is 0 Å². The molecule has 0 saturated carbocycles. The van der Waals surface area contributed by atoms with Gasteiger partial charge >= 0.3 is 137 Å². The van der Waals surface area contributed by atoms with E-state index >= 15 is 0 Å². The van der Waals surface area contributed by atoms with E-state index in [2.05, 4.69) is 72.8 Å². The second kappa shape index (κ2) is 4.97. The minimum atomic E-state index is 0.0697. The molecule has 0 aliphatic carbocycles. The van der Waals surface area contributed by atoms with Crippen LogP contribution in [0.2, 0.25) is 0 Å². The number of hydrogen-bond donors (Lipinski definition) is 0. The van der Waals surface area contributed by atoms with Crippen LogP contribution in [0.4, 0.5) is 0 Å². The summed E-state index contributed by atoms with van der Waals surface area (Å²) in [6.45, 7) is 0. The summed E-state index contributed by atoms with van der Waals surface area (Å²) in [4.78, 5) is 1.44. The first-order valence-corrected chi connectivity index (χ1v) is 10.1. The average molecular weight is 465 g/mol. The molecule has 3 aromatic carbocycles. The van der Waals surface area contributed by atoms with Crippen molar-refractivity contribution in [3.05, 3.63) is 72.8 Å². The molecule has 1 heterocycles. The molecule has 20 heavy (non-hydrogen) atoms. The van der Waals surface area contributed by atoms with E-state index in [9.17, 15) is 0 Å². The summed E-state index contributed by atoms with van der Waals surface area (Å²) in [6.07, 6.45) is 0. The second-order valence-electron chi connectivity index (χ2n) is 4.87. The van der Waals surface area contributed by atoms with E-state index in [0.717, 1.165) is 25.8 Å². The molecule has 0 bridgehead atoms. The molecule has 0 spiro atoms. The monoisotopic (exact) mass is 465 g/mol. The fourth-order valence-electron chi connectivity index (χ4n) is 2.71. The number of hydrogen-bond acceptors (Lipinski definition) is 0. The second-order valence-corrected chi connectivity index (χ2v) is 9.42. The Morgan fingerprint density at radius 1 is 0.600 bits per heavy atom. The van der Waals surface area contributed by atoms with Crippen LogP contribution in [0, 0.1) is 0 Å². The number of thiophene rings is 1. The fraction of sp³-hybridized carbons (Fsp3) is 0. The molecule has 0 aliphatic heterocycles. The van der Waals surface area contributed by atoms with Gasteiger partial charge in [0.15, 0.2) is 0 Å². The van der Waals surface area contributed by atoms with E-state index in [-0.39, 0.29) is 10.5 Å². The third-order valence-electron chi connectivity index (χ3n) is 3.62. The van der Waals surface area contributed by atoms with E-state index < -0.39 is 0 Å². The number of fused-ring (bicyclic) bond motifs is 3. The van der Waals surface area contributed by atoms with Gasteiger partial charge in [-0.3, -0.25) is 0 Å². The van der Waals surface area contributed by atoms with Crippen molar-refractivity contribution < 1.29 is 0 Å². The van der Waals surface area contributed by atoms with Gasteiger partial charge in [-0.05, 0) is 0 Å². The fourth-order valence-corrected chi connectivity index (χ4v) is 5.84. The van der Waals surface area contributed by atoms with Crippen LogP contribution in [0.5, 0.6) is 0 Å². The van der Waals surface area contributed by atoms with Crippen molar-refractivity contribution in [3.63, 3.8) is 0 Å². The van der Waals surface area contributed by atoms with E-state index in [0.29, 0.717) is 0 Å². The van der Waals surface area contributed by atoms with Crippen LogP contribution in [-0.2, 0) is 0 Å². The van der Waals surface area contributed by atoms with Crippen molar-refractivity contribution >= 4 is 59.5 Å². The van der Waals surface area contributed by atoms with Gasteiger partial charge in [-0.2, -0.15) is 0 Å². The average Bonchev–Trinajstić information content (AvgIpc) is 2.83. The van der Waals surface area contributed by atoms with Gasteiger partial charge < -0.3 is 0 Å². The number of rotatable bonds is 1. The molecule has 2 heteroatoms. The van der Waals surface area contributed by atoms with Gasteiger partial charge in [-0.25, -0.2) is 0 Å². The third kappa shape index (κ3) is 1.92. The van der Waals surface area contributed by atoms with Crippen LogP contribution < -0.4 is 3.12 Å². The van der Waals surface area contributed by atoms with Gasteiger partial charge in [0.1, 0.15) is 0 Å². The summed E-state index contributed by atoms with van der Waals surface area (Å²) in [5.74, 6) is 0. The quantitative estimate of drug-likeness (QED) is 0.287. The molecule has 0 saturated heterocycles. The molecule has 0 nitrogen and oxygen atoms in total. The first-order valence-electron chi connectivity index (χ1n) is 6.63. The molecule has 92 valence electrons. The van der Waals surface area contributed by atoms with Gasteiger partial charge in [0.05, 0.1) is 0 Å². The third-order valence-corrected chi connectivity index (χ3v) is 7.45. The van der Waals surface area contributed by atoms with Crippen LogP contribution in [0.1, 0.15) is 0 Å². The summed E-state index contributed by atoms with van der Waals surface area (Å²) in [7, 11) is 0.0697. The van der Waals surface area contributed by atoms with Crippen LogP contribution >= 0.6 is 10.5 Å². The van der Waals surface area contributed by atoms with Crippen molar-refractivity contribution in [2.75, 3.05) is 0 Å². The number of benzene rings is 3. The molecule has 1 aromatic heterocycles. The van der Waals surface area contributed by atoms with Crippen LogP contribution in [0.25, 0.3) is 25.1 Å². The van der Waals surface area contributed by atoms with Crippen molar-refractivity contribution in [2.24, 2.45) is 0 Å². The zero-order chi connectivity index (χ0) is 13.5. The van der Waals surface area contributed by atoms with Crippen molar-refractivity contribution in [1.29, 1.82) is 0 Å². The maximum absolute atomic E-state index is 2.32. The van der Waals surface area contributed by atoms with Crippen LogP contribution in [0.3, 0.4) is 0 Å². The topological polar surface area (TPSA) is 0 Å². The van der Waals surface area contributed by atoms with Crippen molar-refractivity contribution in [1.82, 2.24) is 0 Å². The molecule has 0 radical (unpaired) electrons. The van der Waals surface area contributed by atoms with E-state index in [1.165, 1.54) is 28.2 Å². The first-order chi connectivity index (χ1) is 9.84. The molecule has 4 rings (SSSR count). The summed E-state index contributed by atoms with van der Waals surface area (Å²) in [5.41, 5.74) is 0. The summed E-state index contributed by atoms with van der Waals surface area (Å²) in [5, 5.41) is 2.81. The SMILES string of the molecule is [Tl][c]1ccc(-[s+]2c3ccccc3c3ccccc32)cc1. The van der Waals surface area contributed by atoms with Crippen LogP contribution in [-0.4, -0.2) is 25.8 Å². The Hall–Kier alpha value is -1.20. The maximum atomic E-state index is 2.32. The first kappa shape index (κ1) is 12.5. The van der Waals surface area contributed by atoms with E-state index in [1.807, 2.05) is 0 Å². The Labute approximate surface area is 136 Å². The van der Waals surface area contributed by atoms with E-state index in [4.69, 9.17) is 0 Å².